The number of nitrogens with one attached hydrogen (secondary N) is 1. The maximum atomic E-state index is 12.4. The molecule has 3 amide bonds. The van der Waals surface area contributed by atoms with Crippen LogP contribution in [0.3, 0.4) is 0 Å². The van der Waals surface area contributed by atoms with Crippen molar-refractivity contribution in [2.45, 2.75) is 12.8 Å². The van der Waals surface area contributed by atoms with Crippen LogP contribution in [-0.4, -0.2) is 29.2 Å². The van der Waals surface area contributed by atoms with Gasteiger partial charge in [-0.25, -0.2) is 0 Å². The van der Waals surface area contributed by atoms with Crippen molar-refractivity contribution in [3.05, 3.63) is 89.0 Å². The van der Waals surface area contributed by atoms with E-state index in [4.69, 9.17) is 0 Å². The van der Waals surface area contributed by atoms with Crippen molar-refractivity contribution < 1.29 is 14.4 Å². The van der Waals surface area contributed by atoms with Crippen molar-refractivity contribution in [2.75, 3.05) is 11.9 Å². The number of benzene rings is 3. The SMILES string of the molecule is O=C(CCN1C(=O)c2ccccc2C1=O)Nc1ccc2c(c1)Cc1ccccc1-2. The summed E-state index contributed by atoms with van der Waals surface area (Å²) in [6.07, 6.45) is 0.910. The van der Waals surface area contributed by atoms with Crippen LogP contribution in [0.15, 0.2) is 66.7 Å². The molecule has 5 heteroatoms. The Morgan fingerprint density at radius 2 is 1.41 bits per heavy atom. The Balaban J connectivity index is 1.24. The molecule has 1 aliphatic heterocycles. The molecule has 1 N–H and O–H groups in total. The number of hydrogen-bond donors (Lipinski definition) is 1. The number of nitrogens with zero attached hydrogens (tertiary/aromatic N) is 1. The monoisotopic (exact) mass is 382 g/mol. The lowest BCUT2D eigenvalue weighted by Crippen LogP contribution is -2.32. The summed E-state index contributed by atoms with van der Waals surface area (Å²) in [6, 6.07) is 20.9. The number of fused-ring (bicyclic) bond motifs is 4. The molecule has 0 bridgehead atoms. The zero-order chi connectivity index (χ0) is 20.0. The molecule has 0 fully saturated rings. The Labute approximate surface area is 168 Å². The summed E-state index contributed by atoms with van der Waals surface area (Å²) in [5.41, 5.74) is 6.44. The van der Waals surface area contributed by atoms with E-state index in [1.807, 2.05) is 30.3 Å². The fourth-order valence-corrected chi connectivity index (χ4v) is 4.10. The minimum absolute atomic E-state index is 0.0583. The molecule has 0 atom stereocenters. The fraction of sp³-hybridized carbons (Fsp3) is 0.125. The molecule has 2 aliphatic rings. The fourth-order valence-electron chi connectivity index (χ4n) is 4.10. The summed E-state index contributed by atoms with van der Waals surface area (Å²) in [4.78, 5) is 38.3. The first-order valence-corrected chi connectivity index (χ1v) is 9.58. The highest BCUT2D eigenvalue weighted by atomic mass is 16.2. The van der Waals surface area contributed by atoms with E-state index in [1.54, 1.807) is 24.3 Å². The van der Waals surface area contributed by atoms with E-state index in [2.05, 4.69) is 17.4 Å². The normalized spacial score (nSPS) is 13.9. The van der Waals surface area contributed by atoms with Crippen LogP contribution in [0.4, 0.5) is 5.69 Å². The molecule has 5 nitrogen and oxygen atoms in total. The summed E-state index contributed by atoms with van der Waals surface area (Å²) < 4.78 is 0. The molecule has 29 heavy (non-hydrogen) atoms. The summed E-state index contributed by atoms with van der Waals surface area (Å²) in [6.45, 7) is 0.0640. The zero-order valence-corrected chi connectivity index (χ0v) is 15.6. The quantitative estimate of drug-likeness (QED) is 0.545. The minimum Gasteiger partial charge on any atom is -0.326 e. The van der Waals surface area contributed by atoms with E-state index in [9.17, 15) is 14.4 Å². The topological polar surface area (TPSA) is 66.5 Å². The largest absolute Gasteiger partial charge is 0.326 e. The lowest BCUT2D eigenvalue weighted by Gasteiger charge is -2.14. The number of amides is 3. The van der Waals surface area contributed by atoms with E-state index in [-0.39, 0.29) is 30.7 Å². The molecule has 142 valence electrons. The maximum absolute atomic E-state index is 12.4. The van der Waals surface area contributed by atoms with E-state index < -0.39 is 0 Å². The smallest absolute Gasteiger partial charge is 0.261 e. The van der Waals surface area contributed by atoms with Crippen LogP contribution < -0.4 is 5.32 Å². The highest BCUT2D eigenvalue weighted by molar-refractivity contribution is 6.21. The number of carbonyl (C=O) groups is 3. The number of carbonyl (C=O) groups excluding carboxylic acids is 3. The van der Waals surface area contributed by atoms with E-state index in [1.165, 1.54) is 22.3 Å². The van der Waals surface area contributed by atoms with Gasteiger partial charge in [-0.15, -0.1) is 0 Å². The lowest BCUT2D eigenvalue weighted by atomic mass is 10.1. The van der Waals surface area contributed by atoms with Crippen LogP contribution in [0.5, 0.6) is 0 Å². The van der Waals surface area contributed by atoms with Crippen LogP contribution in [0.2, 0.25) is 0 Å². The van der Waals surface area contributed by atoms with Crippen molar-refractivity contribution >= 4 is 23.4 Å². The van der Waals surface area contributed by atoms with Gasteiger partial charge < -0.3 is 5.32 Å². The molecule has 3 aromatic carbocycles. The third kappa shape index (κ3) is 2.91. The Hall–Kier alpha value is -3.73. The van der Waals surface area contributed by atoms with Crippen LogP contribution in [-0.2, 0) is 11.2 Å². The number of imide groups is 1. The first-order chi connectivity index (χ1) is 14.1. The van der Waals surface area contributed by atoms with Crippen molar-refractivity contribution in [3.8, 4) is 11.1 Å². The van der Waals surface area contributed by atoms with Gasteiger partial charge in [0.1, 0.15) is 0 Å². The van der Waals surface area contributed by atoms with Crippen LogP contribution >= 0.6 is 0 Å². The number of anilines is 1. The first kappa shape index (κ1) is 17.4. The minimum atomic E-state index is -0.339. The molecule has 5 rings (SSSR count). The third-order valence-electron chi connectivity index (χ3n) is 5.52. The number of hydrogen-bond acceptors (Lipinski definition) is 3. The van der Waals surface area contributed by atoms with Crippen molar-refractivity contribution in [2.24, 2.45) is 0 Å². The average molecular weight is 382 g/mol. The molecule has 3 aromatic rings. The van der Waals surface area contributed by atoms with Crippen LogP contribution in [0.25, 0.3) is 11.1 Å². The van der Waals surface area contributed by atoms with Gasteiger partial charge in [-0.1, -0.05) is 42.5 Å². The van der Waals surface area contributed by atoms with Crippen LogP contribution in [0, 0.1) is 0 Å². The molecular weight excluding hydrogens is 364 g/mol. The highest BCUT2D eigenvalue weighted by Gasteiger charge is 2.35. The molecule has 0 radical (unpaired) electrons. The first-order valence-electron chi connectivity index (χ1n) is 9.58. The summed E-state index contributed by atoms with van der Waals surface area (Å²) in [5.74, 6) is -0.903. The summed E-state index contributed by atoms with van der Waals surface area (Å²) in [7, 11) is 0. The van der Waals surface area contributed by atoms with Gasteiger partial charge in [0.05, 0.1) is 11.1 Å². The third-order valence-corrected chi connectivity index (χ3v) is 5.52. The van der Waals surface area contributed by atoms with E-state index in [0.717, 1.165) is 17.0 Å². The summed E-state index contributed by atoms with van der Waals surface area (Å²) >= 11 is 0. The Bertz CT molecular complexity index is 1150. The van der Waals surface area contributed by atoms with Gasteiger partial charge in [0.15, 0.2) is 0 Å². The second kappa shape index (κ2) is 6.71. The number of rotatable bonds is 4. The van der Waals surface area contributed by atoms with E-state index in [0.29, 0.717) is 11.1 Å². The molecule has 0 saturated carbocycles. The molecular formula is C24H18N2O3. The molecule has 1 aliphatic carbocycles. The van der Waals surface area contributed by atoms with Gasteiger partial charge in [0.25, 0.3) is 11.8 Å². The Morgan fingerprint density at radius 1 is 0.793 bits per heavy atom. The van der Waals surface area contributed by atoms with E-state index >= 15 is 0 Å². The molecule has 0 saturated heterocycles. The van der Waals surface area contributed by atoms with Gasteiger partial charge in [-0.05, 0) is 52.9 Å². The van der Waals surface area contributed by atoms with Crippen LogP contribution in [0.1, 0.15) is 38.3 Å². The lowest BCUT2D eigenvalue weighted by molar-refractivity contribution is -0.116. The molecule has 0 aromatic heterocycles. The predicted octanol–water partition coefficient (Wildman–Crippen LogP) is 3.88. The molecule has 0 unspecified atom stereocenters. The standard InChI is InChI=1S/C24H18N2O3/c27-22(11-12-26-23(28)20-7-3-4-8-21(20)24(26)29)25-17-9-10-19-16(14-17)13-15-5-1-2-6-18(15)19/h1-10,14H,11-13H2,(H,25,27). The Kier molecular flexibility index (Phi) is 4.02. The molecule has 0 spiro atoms. The second-order valence-corrected chi connectivity index (χ2v) is 7.31. The van der Waals surface area contributed by atoms with Gasteiger partial charge in [0, 0.05) is 18.7 Å². The summed E-state index contributed by atoms with van der Waals surface area (Å²) in [5, 5.41) is 2.88. The maximum Gasteiger partial charge on any atom is 0.261 e. The Morgan fingerprint density at radius 3 is 2.14 bits per heavy atom. The van der Waals surface area contributed by atoms with Crippen molar-refractivity contribution in [3.63, 3.8) is 0 Å². The second-order valence-electron chi connectivity index (χ2n) is 7.31. The van der Waals surface area contributed by atoms with Gasteiger partial charge in [-0.2, -0.15) is 0 Å². The van der Waals surface area contributed by atoms with Crippen molar-refractivity contribution in [1.29, 1.82) is 0 Å². The van der Waals surface area contributed by atoms with Gasteiger partial charge in [0.2, 0.25) is 5.91 Å². The molecule has 1 heterocycles. The zero-order valence-electron chi connectivity index (χ0n) is 15.6. The highest BCUT2D eigenvalue weighted by Crippen LogP contribution is 2.37. The van der Waals surface area contributed by atoms with Gasteiger partial charge >= 0.3 is 0 Å². The van der Waals surface area contributed by atoms with Gasteiger partial charge in [-0.3, -0.25) is 19.3 Å². The average Bonchev–Trinajstić information content (AvgIpc) is 3.22. The predicted molar refractivity (Wildman–Crippen MR) is 110 cm³/mol. The van der Waals surface area contributed by atoms with Crippen molar-refractivity contribution in [1.82, 2.24) is 4.90 Å².